The number of alkyl halides is 1. The van der Waals surface area contributed by atoms with Crippen molar-refractivity contribution in [1.82, 2.24) is 19.8 Å². The highest BCUT2D eigenvalue weighted by molar-refractivity contribution is 9.09. The third kappa shape index (κ3) is 6.03. The van der Waals surface area contributed by atoms with Gasteiger partial charge in [-0.3, -0.25) is 4.79 Å². The average Bonchev–Trinajstić information content (AvgIpc) is 3.42. The Kier molecular flexibility index (Phi) is 8.65. The molecule has 8 nitrogen and oxygen atoms in total. The second-order valence-electron chi connectivity index (χ2n) is 11.0. The van der Waals surface area contributed by atoms with Crippen molar-refractivity contribution in [2.45, 2.75) is 31.8 Å². The molecule has 4 heterocycles. The maximum Gasteiger partial charge on any atom is 0.318 e. The number of anilines is 2. The summed E-state index contributed by atoms with van der Waals surface area (Å²) in [7, 11) is 2.15. The number of halogens is 2. The minimum Gasteiger partial charge on any atom is -0.462 e. The van der Waals surface area contributed by atoms with Gasteiger partial charge in [-0.25, -0.2) is 0 Å². The number of hydrogen-bond acceptors (Lipinski definition) is 7. The fraction of sp³-hybridized carbons (Fsp3) is 0.452. The van der Waals surface area contributed by atoms with E-state index in [9.17, 15) is 4.79 Å². The van der Waals surface area contributed by atoms with E-state index in [1.807, 2.05) is 23.1 Å². The Morgan fingerprint density at radius 1 is 1.07 bits per heavy atom. The molecule has 216 valence electrons. The monoisotopic (exact) mass is 638 g/mol. The standard InChI is InChI=1S/C31H36BrClN6O2/c1-36-14-5-8-23(36)21-41-31-34-26-20-39(27-10-3-7-22-6-2-9-25(33)29(22)27)15-12-24(26)30(35-31)38-18-16-37(17-19-38)28(40)11-4-13-32/h2-4,6-7,9-11,23H,5,8,12-21H2,1H3/b11-4+/t23-/m0/s1. The van der Waals surface area contributed by atoms with Crippen molar-refractivity contribution >= 4 is 55.7 Å². The molecular weight excluding hydrogens is 604 g/mol. The first-order valence-electron chi connectivity index (χ1n) is 14.4. The molecule has 1 aromatic heterocycles. The first kappa shape index (κ1) is 28.2. The van der Waals surface area contributed by atoms with E-state index < -0.39 is 0 Å². The van der Waals surface area contributed by atoms with Crippen molar-refractivity contribution in [1.29, 1.82) is 0 Å². The van der Waals surface area contributed by atoms with Crippen LogP contribution in [0.4, 0.5) is 11.5 Å². The summed E-state index contributed by atoms with van der Waals surface area (Å²) < 4.78 is 6.28. The van der Waals surface area contributed by atoms with Gasteiger partial charge in [0.05, 0.1) is 17.3 Å². The number of aromatic nitrogens is 2. The van der Waals surface area contributed by atoms with Crippen LogP contribution >= 0.6 is 27.5 Å². The summed E-state index contributed by atoms with van der Waals surface area (Å²) in [5.41, 5.74) is 3.30. The highest BCUT2D eigenvalue weighted by Gasteiger charge is 2.30. The first-order chi connectivity index (χ1) is 20.0. The van der Waals surface area contributed by atoms with Crippen molar-refractivity contribution in [3.63, 3.8) is 0 Å². The molecule has 10 heteroatoms. The Morgan fingerprint density at radius 3 is 2.63 bits per heavy atom. The van der Waals surface area contributed by atoms with E-state index >= 15 is 0 Å². The predicted octanol–water partition coefficient (Wildman–Crippen LogP) is 4.92. The number of likely N-dealkylation sites (tertiary alicyclic amines) is 1. The summed E-state index contributed by atoms with van der Waals surface area (Å²) in [5.74, 6) is 1.01. The molecule has 2 saturated heterocycles. The van der Waals surface area contributed by atoms with Crippen LogP contribution in [0.3, 0.4) is 0 Å². The van der Waals surface area contributed by atoms with Crippen LogP contribution in [-0.2, 0) is 17.8 Å². The zero-order chi connectivity index (χ0) is 28.3. The molecule has 2 aromatic carbocycles. The zero-order valence-corrected chi connectivity index (χ0v) is 25.8. The molecule has 0 aliphatic carbocycles. The molecule has 3 aromatic rings. The zero-order valence-electron chi connectivity index (χ0n) is 23.4. The number of amides is 1. The molecule has 0 saturated carbocycles. The van der Waals surface area contributed by atoms with E-state index in [0.29, 0.717) is 43.6 Å². The van der Waals surface area contributed by atoms with Crippen molar-refractivity contribution in [3.05, 3.63) is 64.8 Å². The molecular formula is C31H36BrClN6O2. The summed E-state index contributed by atoms with van der Waals surface area (Å²) in [6.07, 6.45) is 6.64. The van der Waals surface area contributed by atoms with Gasteiger partial charge in [0, 0.05) is 60.7 Å². The molecule has 1 atom stereocenters. The van der Waals surface area contributed by atoms with Crippen molar-refractivity contribution in [2.24, 2.45) is 0 Å². The van der Waals surface area contributed by atoms with Gasteiger partial charge in [0.1, 0.15) is 12.4 Å². The quantitative estimate of drug-likeness (QED) is 0.269. The van der Waals surface area contributed by atoms with Gasteiger partial charge in [-0.15, -0.1) is 0 Å². The lowest BCUT2D eigenvalue weighted by Gasteiger charge is -2.38. The summed E-state index contributed by atoms with van der Waals surface area (Å²) in [6.45, 7) is 5.96. The lowest BCUT2D eigenvalue weighted by atomic mass is 10.0. The fourth-order valence-electron chi connectivity index (χ4n) is 6.21. The molecule has 3 aliphatic heterocycles. The number of nitrogens with zero attached hydrogens (tertiary/aromatic N) is 6. The average molecular weight is 640 g/mol. The molecule has 1 amide bonds. The van der Waals surface area contributed by atoms with E-state index in [1.54, 1.807) is 6.08 Å². The number of piperazine rings is 1. The highest BCUT2D eigenvalue weighted by Crippen LogP contribution is 2.37. The number of ether oxygens (including phenoxy) is 1. The molecule has 0 N–H and O–H groups in total. The largest absolute Gasteiger partial charge is 0.462 e. The van der Waals surface area contributed by atoms with E-state index in [4.69, 9.17) is 26.3 Å². The maximum atomic E-state index is 12.5. The van der Waals surface area contributed by atoms with Crippen LogP contribution in [0.15, 0.2) is 48.6 Å². The van der Waals surface area contributed by atoms with Crippen LogP contribution in [0.5, 0.6) is 6.01 Å². The van der Waals surface area contributed by atoms with E-state index in [2.05, 4.69) is 61.9 Å². The highest BCUT2D eigenvalue weighted by atomic mass is 79.9. The normalized spacial score (nSPS) is 19.8. The number of benzene rings is 2. The minimum atomic E-state index is 0.0583. The Hall–Kier alpha value is -2.88. The third-order valence-electron chi connectivity index (χ3n) is 8.51. The van der Waals surface area contributed by atoms with Crippen LogP contribution in [0.25, 0.3) is 10.8 Å². The number of fused-ring (bicyclic) bond motifs is 2. The molecule has 6 rings (SSSR count). The molecule has 0 unspecified atom stereocenters. The predicted molar refractivity (Wildman–Crippen MR) is 169 cm³/mol. The van der Waals surface area contributed by atoms with Crippen LogP contribution < -0.4 is 14.5 Å². The van der Waals surface area contributed by atoms with E-state index in [-0.39, 0.29) is 5.91 Å². The van der Waals surface area contributed by atoms with Crippen molar-refractivity contribution in [3.8, 4) is 6.01 Å². The molecule has 2 fully saturated rings. The lowest BCUT2D eigenvalue weighted by Crippen LogP contribution is -2.49. The SMILES string of the molecule is CN1CCC[C@H]1COc1nc2c(c(N3CCN(C(=O)/C=C/CBr)CC3)n1)CCN(c1cccc3cccc(Cl)c13)C2. The van der Waals surface area contributed by atoms with Gasteiger partial charge in [-0.05, 0) is 56.4 Å². The van der Waals surface area contributed by atoms with Crippen molar-refractivity contribution < 1.29 is 9.53 Å². The van der Waals surface area contributed by atoms with E-state index in [1.165, 1.54) is 12.0 Å². The number of likely N-dealkylation sites (N-methyl/N-ethyl adjacent to an activating group) is 1. The Balaban J connectivity index is 1.28. The van der Waals surface area contributed by atoms with Gasteiger partial charge in [-0.2, -0.15) is 9.97 Å². The number of rotatable bonds is 7. The van der Waals surface area contributed by atoms with Crippen LogP contribution in [0.2, 0.25) is 5.02 Å². The Morgan fingerprint density at radius 2 is 1.88 bits per heavy atom. The molecule has 0 bridgehead atoms. The maximum absolute atomic E-state index is 12.5. The fourth-order valence-corrected chi connectivity index (χ4v) is 6.68. The third-order valence-corrected chi connectivity index (χ3v) is 9.20. The lowest BCUT2D eigenvalue weighted by molar-refractivity contribution is -0.126. The Labute approximate surface area is 255 Å². The van der Waals surface area contributed by atoms with Gasteiger partial charge >= 0.3 is 6.01 Å². The van der Waals surface area contributed by atoms with Gasteiger partial charge in [0.15, 0.2) is 0 Å². The van der Waals surface area contributed by atoms with Gasteiger partial charge in [0.25, 0.3) is 0 Å². The molecule has 41 heavy (non-hydrogen) atoms. The van der Waals surface area contributed by atoms with Crippen LogP contribution in [0, 0.1) is 0 Å². The van der Waals surface area contributed by atoms with Crippen molar-refractivity contribution in [2.75, 3.05) is 68.1 Å². The summed E-state index contributed by atoms with van der Waals surface area (Å²) in [4.78, 5) is 31.4. The van der Waals surface area contributed by atoms with Gasteiger partial charge in [-0.1, -0.05) is 57.9 Å². The molecule has 3 aliphatic rings. The van der Waals surface area contributed by atoms with Gasteiger partial charge in [0.2, 0.25) is 5.91 Å². The number of hydrogen-bond donors (Lipinski definition) is 0. The number of carbonyl (C=O) groups is 1. The topological polar surface area (TPSA) is 65.0 Å². The Bertz CT molecular complexity index is 1440. The van der Waals surface area contributed by atoms with Crippen LogP contribution in [0.1, 0.15) is 24.1 Å². The second kappa shape index (κ2) is 12.5. The van der Waals surface area contributed by atoms with Crippen LogP contribution in [-0.4, -0.2) is 90.0 Å². The number of allylic oxidation sites excluding steroid dienone is 1. The smallest absolute Gasteiger partial charge is 0.318 e. The summed E-state index contributed by atoms with van der Waals surface area (Å²) in [5, 5.41) is 3.64. The van der Waals surface area contributed by atoms with Gasteiger partial charge < -0.3 is 24.3 Å². The number of carbonyl (C=O) groups excluding carboxylic acids is 1. The second-order valence-corrected chi connectivity index (χ2v) is 12.1. The first-order valence-corrected chi connectivity index (χ1v) is 15.9. The minimum absolute atomic E-state index is 0.0583. The molecule has 0 spiro atoms. The van der Waals surface area contributed by atoms with E-state index in [0.717, 1.165) is 72.0 Å². The molecule has 0 radical (unpaired) electrons. The summed E-state index contributed by atoms with van der Waals surface area (Å²) in [6, 6.07) is 13.2. The summed E-state index contributed by atoms with van der Waals surface area (Å²) >= 11 is 10.0.